The first kappa shape index (κ1) is 12.6. The molecule has 1 saturated heterocycles. The lowest BCUT2D eigenvalue weighted by Gasteiger charge is -2.33. The number of hydrogen-bond acceptors (Lipinski definition) is 4. The number of hydrogen-bond donors (Lipinski definition) is 2. The average molecular weight is 253 g/mol. The largest absolute Gasteiger partial charge is 0.475 e. The fourth-order valence-corrected chi connectivity index (χ4v) is 2.04. The van der Waals surface area contributed by atoms with Crippen molar-refractivity contribution >= 4 is 11.9 Å². The van der Waals surface area contributed by atoms with Crippen LogP contribution in [-0.4, -0.2) is 46.2 Å². The summed E-state index contributed by atoms with van der Waals surface area (Å²) in [6.45, 7) is 2.77. The minimum atomic E-state index is -1.20. The minimum Gasteiger partial charge on any atom is -0.475 e. The van der Waals surface area contributed by atoms with Gasteiger partial charge in [-0.1, -0.05) is 6.92 Å². The van der Waals surface area contributed by atoms with Gasteiger partial charge in [-0.25, -0.2) is 4.79 Å². The van der Waals surface area contributed by atoms with Crippen LogP contribution in [0.4, 0.5) is 0 Å². The second kappa shape index (κ2) is 4.81. The van der Waals surface area contributed by atoms with Gasteiger partial charge < -0.3 is 19.5 Å². The summed E-state index contributed by atoms with van der Waals surface area (Å²) in [5, 5.41) is 18.3. The lowest BCUT2D eigenvalue weighted by molar-refractivity contribution is 0.0278. The van der Waals surface area contributed by atoms with E-state index in [1.807, 2.05) is 6.92 Å². The molecule has 0 aliphatic carbocycles. The summed E-state index contributed by atoms with van der Waals surface area (Å²) >= 11 is 0. The molecule has 0 saturated carbocycles. The van der Waals surface area contributed by atoms with E-state index in [1.54, 1.807) is 4.90 Å². The van der Waals surface area contributed by atoms with E-state index in [-0.39, 0.29) is 29.4 Å². The standard InChI is InChI=1S/C12H15NO5/c1-7-6-13(5-4-8(7)14)11(15)9-2-3-10(18-9)12(16)17/h2-3,7-8,14H,4-6H2,1H3,(H,16,17). The van der Waals surface area contributed by atoms with Crippen molar-refractivity contribution in [1.29, 1.82) is 0 Å². The van der Waals surface area contributed by atoms with E-state index >= 15 is 0 Å². The fraction of sp³-hybridized carbons (Fsp3) is 0.500. The normalized spacial score (nSPS) is 24.0. The Balaban J connectivity index is 2.09. The molecule has 2 N–H and O–H groups in total. The highest BCUT2D eigenvalue weighted by molar-refractivity contribution is 5.93. The molecule has 2 unspecified atom stereocenters. The number of carboxylic acids is 1. The molecule has 1 aromatic rings. The van der Waals surface area contributed by atoms with E-state index in [9.17, 15) is 14.7 Å². The molecular formula is C12H15NO5. The zero-order chi connectivity index (χ0) is 13.3. The second-order valence-corrected chi connectivity index (χ2v) is 4.55. The van der Waals surface area contributed by atoms with Crippen molar-refractivity contribution < 1.29 is 24.2 Å². The molecule has 2 atom stereocenters. The Hall–Kier alpha value is -1.82. The van der Waals surface area contributed by atoms with Crippen molar-refractivity contribution in [2.45, 2.75) is 19.4 Å². The summed E-state index contributed by atoms with van der Waals surface area (Å²) in [4.78, 5) is 24.3. The Morgan fingerprint density at radius 2 is 2.06 bits per heavy atom. The van der Waals surface area contributed by atoms with Gasteiger partial charge in [-0.3, -0.25) is 4.79 Å². The molecule has 1 aliphatic heterocycles. The van der Waals surface area contributed by atoms with Crippen LogP contribution in [0.3, 0.4) is 0 Å². The first-order chi connectivity index (χ1) is 8.49. The quantitative estimate of drug-likeness (QED) is 0.814. The molecule has 1 aliphatic rings. The van der Waals surface area contributed by atoms with Crippen molar-refractivity contribution in [3.63, 3.8) is 0 Å². The van der Waals surface area contributed by atoms with Crippen molar-refractivity contribution in [3.8, 4) is 0 Å². The zero-order valence-corrected chi connectivity index (χ0v) is 10.00. The van der Waals surface area contributed by atoms with Gasteiger partial charge in [0.25, 0.3) is 5.91 Å². The zero-order valence-electron chi connectivity index (χ0n) is 10.00. The van der Waals surface area contributed by atoms with Gasteiger partial charge in [0.1, 0.15) is 0 Å². The highest BCUT2D eigenvalue weighted by atomic mass is 16.4. The molecule has 0 radical (unpaired) electrons. The number of carbonyl (C=O) groups excluding carboxylic acids is 1. The van der Waals surface area contributed by atoms with Crippen LogP contribution in [-0.2, 0) is 0 Å². The summed E-state index contributed by atoms with van der Waals surface area (Å²) in [5.74, 6) is -1.74. The Labute approximate surface area is 104 Å². The Morgan fingerprint density at radius 3 is 2.61 bits per heavy atom. The number of carboxylic acid groups (broad SMARTS) is 1. The Bertz CT molecular complexity index is 467. The van der Waals surface area contributed by atoms with E-state index in [0.29, 0.717) is 19.5 Å². The molecule has 18 heavy (non-hydrogen) atoms. The Morgan fingerprint density at radius 1 is 1.39 bits per heavy atom. The van der Waals surface area contributed by atoms with Gasteiger partial charge in [0.05, 0.1) is 6.10 Å². The van der Waals surface area contributed by atoms with Crippen molar-refractivity contribution in [2.75, 3.05) is 13.1 Å². The maximum Gasteiger partial charge on any atom is 0.371 e. The van der Waals surface area contributed by atoms with E-state index in [4.69, 9.17) is 9.52 Å². The van der Waals surface area contributed by atoms with Gasteiger partial charge in [0, 0.05) is 13.1 Å². The van der Waals surface area contributed by atoms with Crippen LogP contribution in [0.5, 0.6) is 0 Å². The molecule has 0 aromatic carbocycles. The molecule has 1 amide bonds. The van der Waals surface area contributed by atoms with E-state index in [0.717, 1.165) is 0 Å². The summed E-state index contributed by atoms with van der Waals surface area (Å²) in [7, 11) is 0. The first-order valence-corrected chi connectivity index (χ1v) is 5.79. The number of carbonyl (C=O) groups is 2. The number of aliphatic hydroxyl groups is 1. The van der Waals surface area contributed by atoms with Gasteiger partial charge in [0.15, 0.2) is 5.76 Å². The SMILES string of the molecule is CC1CN(C(=O)c2ccc(C(=O)O)o2)CCC1O. The van der Waals surface area contributed by atoms with E-state index in [2.05, 4.69) is 0 Å². The fourth-order valence-electron chi connectivity index (χ4n) is 2.04. The predicted octanol–water partition coefficient (Wildman–Crippen LogP) is 0.821. The minimum absolute atomic E-state index is 0.0107. The molecule has 98 valence electrons. The molecule has 1 fully saturated rings. The van der Waals surface area contributed by atoms with Gasteiger partial charge in [-0.2, -0.15) is 0 Å². The number of amides is 1. The highest BCUT2D eigenvalue weighted by Gasteiger charge is 2.29. The van der Waals surface area contributed by atoms with Crippen LogP contribution < -0.4 is 0 Å². The van der Waals surface area contributed by atoms with Crippen LogP contribution in [0.2, 0.25) is 0 Å². The number of nitrogens with zero attached hydrogens (tertiary/aromatic N) is 1. The van der Waals surface area contributed by atoms with Crippen molar-refractivity contribution in [3.05, 3.63) is 23.7 Å². The summed E-state index contributed by atoms with van der Waals surface area (Å²) < 4.78 is 4.97. The third-order valence-corrected chi connectivity index (χ3v) is 3.17. The molecule has 2 rings (SSSR count). The molecule has 1 aromatic heterocycles. The highest BCUT2D eigenvalue weighted by Crippen LogP contribution is 2.19. The molecule has 0 bridgehead atoms. The Kier molecular flexibility index (Phi) is 3.38. The molecule has 6 heteroatoms. The number of piperidine rings is 1. The van der Waals surface area contributed by atoms with Crippen LogP contribution >= 0.6 is 0 Å². The summed E-state index contributed by atoms with van der Waals surface area (Å²) in [6, 6.07) is 2.62. The smallest absolute Gasteiger partial charge is 0.371 e. The number of aliphatic hydroxyl groups excluding tert-OH is 1. The lowest BCUT2D eigenvalue weighted by atomic mass is 9.96. The summed E-state index contributed by atoms with van der Waals surface area (Å²) in [6.07, 6.45) is 0.139. The van der Waals surface area contributed by atoms with Gasteiger partial charge in [-0.15, -0.1) is 0 Å². The third kappa shape index (κ3) is 2.38. The first-order valence-electron chi connectivity index (χ1n) is 5.79. The van der Waals surface area contributed by atoms with Crippen LogP contribution in [0.15, 0.2) is 16.5 Å². The second-order valence-electron chi connectivity index (χ2n) is 4.55. The number of aromatic carboxylic acids is 1. The topological polar surface area (TPSA) is 91.0 Å². The van der Waals surface area contributed by atoms with Crippen LogP contribution in [0.25, 0.3) is 0 Å². The lowest BCUT2D eigenvalue weighted by Crippen LogP contribution is -2.44. The van der Waals surface area contributed by atoms with Crippen molar-refractivity contribution in [1.82, 2.24) is 4.90 Å². The van der Waals surface area contributed by atoms with Gasteiger partial charge in [-0.05, 0) is 24.5 Å². The monoisotopic (exact) mass is 253 g/mol. The molecule has 6 nitrogen and oxygen atoms in total. The van der Waals surface area contributed by atoms with Crippen LogP contribution in [0, 0.1) is 5.92 Å². The maximum atomic E-state index is 12.0. The molecular weight excluding hydrogens is 238 g/mol. The van der Waals surface area contributed by atoms with Crippen LogP contribution in [0.1, 0.15) is 34.5 Å². The van der Waals surface area contributed by atoms with Crippen molar-refractivity contribution in [2.24, 2.45) is 5.92 Å². The molecule has 0 spiro atoms. The van der Waals surface area contributed by atoms with E-state index < -0.39 is 5.97 Å². The number of furan rings is 1. The maximum absolute atomic E-state index is 12.0. The van der Waals surface area contributed by atoms with Gasteiger partial charge in [0.2, 0.25) is 5.76 Å². The number of likely N-dealkylation sites (tertiary alicyclic amines) is 1. The van der Waals surface area contributed by atoms with Gasteiger partial charge >= 0.3 is 5.97 Å². The molecule has 2 heterocycles. The van der Waals surface area contributed by atoms with E-state index in [1.165, 1.54) is 12.1 Å². The number of rotatable bonds is 2. The summed E-state index contributed by atoms with van der Waals surface area (Å²) in [5.41, 5.74) is 0. The third-order valence-electron chi connectivity index (χ3n) is 3.17. The average Bonchev–Trinajstić information content (AvgIpc) is 2.81. The predicted molar refractivity (Wildman–Crippen MR) is 61.4 cm³/mol.